The zero-order chi connectivity index (χ0) is 35.0. The van der Waals surface area contributed by atoms with Crippen molar-refractivity contribution in [2.24, 2.45) is 29.6 Å². The number of ether oxygens (including phenoxy) is 5. The number of aliphatic hydroxyl groups excluding tert-OH is 1. The molecule has 1 spiro atoms. The number of aromatic amines is 1. The van der Waals surface area contributed by atoms with E-state index in [1.165, 1.54) is 7.11 Å². The highest BCUT2D eigenvalue weighted by molar-refractivity contribution is 6.32. The molecular formula is C36H43N3O10. The standard InChI is InChI=1S/C36H43N3O10/c1-18-15-19(2)36-23(8-9-24-27(36)28(40)20(3)30(31(24)49-36)48-33(42)25-7-6-12-38-25)16-26(45-5)34(43)47-29(18)21(4)46-35(44)32(41)39-17-22-10-13-37-14-11-22/h6-15,18,20-21,23-24,26-31,38,40H,16-17H2,1-5H3,(H,39,41)/b19-15+/t18-,20-,21-,23-,24?,26+,27?,28-,29+,30-,31-,36+/m1/s1. The number of rotatable bonds is 7. The average molecular weight is 678 g/mol. The van der Waals surface area contributed by atoms with Crippen molar-refractivity contribution in [3.8, 4) is 0 Å². The molecule has 2 aliphatic heterocycles. The van der Waals surface area contributed by atoms with Gasteiger partial charge in [-0.3, -0.25) is 9.78 Å². The van der Waals surface area contributed by atoms with Gasteiger partial charge in [0.05, 0.1) is 6.10 Å². The molecule has 0 radical (unpaired) electrons. The Kier molecular flexibility index (Phi) is 9.79. The number of esters is 3. The molecule has 3 N–H and O–H groups in total. The molecule has 13 heteroatoms. The number of cyclic esters (lactones) is 1. The number of carbonyl (C=O) groups is 4. The Balaban J connectivity index is 1.27. The van der Waals surface area contributed by atoms with Crippen LogP contribution in [-0.2, 0) is 44.6 Å². The smallest absolute Gasteiger partial charge is 0.397 e. The summed E-state index contributed by atoms with van der Waals surface area (Å²) in [6, 6.07) is 6.75. The molecule has 4 bridgehead atoms. The molecule has 12 atom stereocenters. The number of H-pyrrole nitrogens is 1. The molecule has 2 aromatic heterocycles. The van der Waals surface area contributed by atoms with Crippen molar-refractivity contribution < 1.29 is 48.0 Å². The number of aromatic nitrogens is 2. The van der Waals surface area contributed by atoms with E-state index in [4.69, 9.17) is 23.7 Å². The minimum atomic E-state index is -1.12. The van der Waals surface area contributed by atoms with Gasteiger partial charge in [0.15, 0.2) is 6.10 Å². The molecule has 2 fully saturated rings. The van der Waals surface area contributed by atoms with E-state index in [1.54, 1.807) is 49.8 Å². The van der Waals surface area contributed by atoms with Gasteiger partial charge in [0, 0.05) is 61.8 Å². The Morgan fingerprint density at radius 2 is 1.94 bits per heavy atom. The van der Waals surface area contributed by atoms with Crippen molar-refractivity contribution >= 4 is 23.8 Å². The lowest BCUT2D eigenvalue weighted by atomic mass is 9.57. The van der Waals surface area contributed by atoms with E-state index in [0.29, 0.717) is 5.69 Å². The summed E-state index contributed by atoms with van der Waals surface area (Å²) in [4.78, 5) is 58.9. The van der Waals surface area contributed by atoms with Gasteiger partial charge in [0.1, 0.15) is 35.7 Å². The maximum absolute atomic E-state index is 13.6. The van der Waals surface area contributed by atoms with E-state index in [1.807, 2.05) is 39.0 Å². The highest BCUT2D eigenvalue weighted by Gasteiger charge is 2.69. The summed E-state index contributed by atoms with van der Waals surface area (Å²) < 4.78 is 30.2. The van der Waals surface area contributed by atoms with Gasteiger partial charge in [-0.05, 0) is 55.7 Å². The molecule has 1 amide bonds. The fraction of sp³-hybridized carbons (Fsp3) is 0.528. The average Bonchev–Trinajstić information content (AvgIpc) is 3.70. The summed E-state index contributed by atoms with van der Waals surface area (Å²) in [6.07, 6.45) is 5.66. The summed E-state index contributed by atoms with van der Waals surface area (Å²) in [7, 11) is 1.41. The van der Waals surface area contributed by atoms with Gasteiger partial charge >= 0.3 is 23.8 Å². The Morgan fingerprint density at radius 1 is 1.18 bits per heavy atom. The number of amides is 1. The third-order valence-electron chi connectivity index (χ3n) is 10.6. The highest BCUT2D eigenvalue weighted by Crippen LogP contribution is 2.61. The van der Waals surface area contributed by atoms with E-state index >= 15 is 0 Å². The maximum Gasteiger partial charge on any atom is 0.397 e. The van der Waals surface area contributed by atoms with Crippen LogP contribution < -0.4 is 5.32 Å². The van der Waals surface area contributed by atoms with Gasteiger partial charge in [-0.1, -0.05) is 32.1 Å². The SMILES string of the molecule is CO[C@H]1C[C@H]2C=CC3C4[C@H](O)[C@@H](C)[C@@H](OC(=O)c5ccc[nH]5)[C@@H]3O[C@]42/C(C)=C/[C@@H](C)[C@@H]([C@@H](C)OC(=O)C(=O)NCc2ccncc2)OC1=O. The van der Waals surface area contributed by atoms with Gasteiger partial charge in [0.2, 0.25) is 0 Å². The van der Waals surface area contributed by atoms with Gasteiger partial charge < -0.3 is 39.1 Å². The fourth-order valence-corrected chi connectivity index (χ4v) is 8.17. The van der Waals surface area contributed by atoms with Crippen molar-refractivity contribution in [3.05, 3.63) is 77.9 Å². The summed E-state index contributed by atoms with van der Waals surface area (Å²) >= 11 is 0. The van der Waals surface area contributed by atoms with Gasteiger partial charge in [-0.2, -0.15) is 0 Å². The Bertz CT molecular complexity index is 1610. The van der Waals surface area contributed by atoms with Crippen LogP contribution in [0.5, 0.6) is 0 Å². The normalized spacial score (nSPS) is 36.7. The number of nitrogens with one attached hydrogen (secondary N) is 2. The van der Waals surface area contributed by atoms with Crippen LogP contribution in [0.1, 0.15) is 50.2 Å². The van der Waals surface area contributed by atoms with Crippen LogP contribution in [0.2, 0.25) is 0 Å². The number of hydrogen-bond acceptors (Lipinski definition) is 11. The molecule has 49 heavy (non-hydrogen) atoms. The van der Waals surface area contributed by atoms with Gasteiger partial charge in [-0.25, -0.2) is 14.4 Å². The number of aliphatic hydroxyl groups is 1. The summed E-state index contributed by atoms with van der Waals surface area (Å²) in [5, 5.41) is 14.4. The number of nitrogens with zero attached hydrogens (tertiary/aromatic N) is 1. The number of pyridine rings is 1. The number of methoxy groups -OCH3 is 1. The Labute approximate surface area is 284 Å². The minimum absolute atomic E-state index is 0.106. The van der Waals surface area contributed by atoms with E-state index in [0.717, 1.165) is 11.1 Å². The van der Waals surface area contributed by atoms with Crippen LogP contribution in [0.25, 0.3) is 0 Å². The lowest BCUT2D eigenvalue weighted by Gasteiger charge is -2.48. The summed E-state index contributed by atoms with van der Waals surface area (Å²) in [5.41, 5.74) is 0.783. The first-order chi connectivity index (χ1) is 23.5. The molecule has 4 heterocycles. The second-order valence-corrected chi connectivity index (χ2v) is 13.5. The molecule has 1 saturated heterocycles. The Hall–Kier alpha value is -4.33. The second kappa shape index (κ2) is 13.9. The first kappa shape index (κ1) is 34.5. The highest BCUT2D eigenvalue weighted by atomic mass is 16.6. The van der Waals surface area contributed by atoms with E-state index < -0.39 is 89.7 Å². The predicted molar refractivity (Wildman–Crippen MR) is 172 cm³/mol. The van der Waals surface area contributed by atoms with Crippen molar-refractivity contribution in [3.63, 3.8) is 0 Å². The number of hydrogen-bond donors (Lipinski definition) is 3. The molecule has 2 aromatic rings. The van der Waals surface area contributed by atoms with Crippen LogP contribution in [0, 0.1) is 29.6 Å². The second-order valence-electron chi connectivity index (χ2n) is 13.5. The summed E-state index contributed by atoms with van der Waals surface area (Å²) in [5.74, 6) is -5.29. The molecular weight excluding hydrogens is 634 g/mol. The van der Waals surface area contributed by atoms with Gasteiger partial charge in [-0.15, -0.1) is 0 Å². The molecule has 2 aliphatic carbocycles. The fourth-order valence-electron chi connectivity index (χ4n) is 8.17. The Morgan fingerprint density at radius 3 is 2.63 bits per heavy atom. The van der Waals surface area contributed by atoms with Crippen molar-refractivity contribution in [1.82, 2.24) is 15.3 Å². The van der Waals surface area contributed by atoms with E-state index in [9.17, 15) is 24.3 Å². The summed E-state index contributed by atoms with van der Waals surface area (Å²) in [6.45, 7) is 7.26. The first-order valence-electron chi connectivity index (χ1n) is 16.6. The van der Waals surface area contributed by atoms with Crippen molar-refractivity contribution in [1.29, 1.82) is 0 Å². The maximum atomic E-state index is 13.6. The molecule has 262 valence electrons. The molecule has 4 aliphatic rings. The quantitative estimate of drug-likeness (QED) is 0.170. The molecule has 13 nitrogen and oxygen atoms in total. The molecule has 6 rings (SSSR count). The van der Waals surface area contributed by atoms with Crippen LogP contribution in [0.3, 0.4) is 0 Å². The largest absolute Gasteiger partial charge is 0.456 e. The third kappa shape index (κ3) is 6.30. The lowest BCUT2D eigenvalue weighted by molar-refractivity contribution is -0.180. The van der Waals surface area contributed by atoms with Crippen molar-refractivity contribution in [2.45, 2.75) is 82.9 Å². The van der Waals surface area contributed by atoms with Crippen molar-refractivity contribution in [2.75, 3.05) is 7.11 Å². The monoisotopic (exact) mass is 677 g/mol. The van der Waals surface area contributed by atoms with Crippen LogP contribution >= 0.6 is 0 Å². The topological polar surface area (TPSA) is 175 Å². The van der Waals surface area contributed by atoms with E-state index in [2.05, 4.69) is 15.3 Å². The van der Waals surface area contributed by atoms with E-state index in [-0.39, 0.29) is 18.9 Å². The molecule has 1 saturated carbocycles. The van der Waals surface area contributed by atoms with Crippen LogP contribution in [-0.4, -0.2) is 88.2 Å². The third-order valence-corrected chi connectivity index (χ3v) is 10.6. The number of carbonyl (C=O) groups excluding carboxylic acids is 4. The van der Waals surface area contributed by atoms with Crippen LogP contribution in [0.15, 0.2) is 66.7 Å². The minimum Gasteiger partial charge on any atom is -0.456 e. The van der Waals surface area contributed by atoms with Gasteiger partial charge in [0.25, 0.3) is 0 Å². The lowest BCUT2D eigenvalue weighted by Crippen LogP contribution is -2.57. The first-order valence-corrected chi connectivity index (χ1v) is 16.6. The molecule has 2 unspecified atom stereocenters. The van der Waals surface area contributed by atoms with Crippen LogP contribution in [0.4, 0.5) is 0 Å². The zero-order valence-corrected chi connectivity index (χ0v) is 28.1. The predicted octanol–water partition coefficient (Wildman–Crippen LogP) is 2.66. The molecule has 0 aromatic carbocycles. The zero-order valence-electron chi connectivity index (χ0n) is 28.1.